The van der Waals surface area contributed by atoms with E-state index in [4.69, 9.17) is 9.72 Å². The Kier molecular flexibility index (Phi) is 4.97. The number of hydrogen-bond acceptors (Lipinski definition) is 3. The third-order valence-electron chi connectivity index (χ3n) is 5.77. The molecule has 5 nitrogen and oxygen atoms in total. The van der Waals surface area contributed by atoms with Crippen LogP contribution in [0.1, 0.15) is 68.2 Å². The number of carbonyl (C=O) groups is 1. The number of nitrogens with one attached hydrogen (secondary N) is 1. The average molecular weight is 370 g/mol. The number of rotatable bonds is 5. The molecule has 5 heteroatoms. The van der Waals surface area contributed by atoms with Crippen molar-refractivity contribution in [3.8, 4) is 0 Å². The summed E-state index contributed by atoms with van der Waals surface area (Å²) in [6, 6.07) is 3.86. The van der Waals surface area contributed by atoms with Crippen molar-refractivity contribution >= 4 is 11.6 Å². The summed E-state index contributed by atoms with van der Waals surface area (Å²) in [6.45, 7) is 9.15. The molecule has 1 aliphatic heterocycles. The summed E-state index contributed by atoms with van der Waals surface area (Å²) < 4.78 is 7.71. The quantitative estimate of drug-likeness (QED) is 0.873. The van der Waals surface area contributed by atoms with Crippen LogP contribution in [0.4, 0.5) is 0 Å². The zero-order chi connectivity index (χ0) is 19.0. The van der Waals surface area contributed by atoms with Crippen molar-refractivity contribution in [1.82, 2.24) is 14.7 Å². The van der Waals surface area contributed by atoms with Gasteiger partial charge in [-0.25, -0.2) is 4.98 Å². The molecule has 2 aromatic heterocycles. The summed E-state index contributed by atoms with van der Waals surface area (Å²) in [5.41, 5.74) is 3.98. The predicted octanol–water partition coefficient (Wildman–Crippen LogP) is 3.74. The third kappa shape index (κ3) is 4.18. The van der Waals surface area contributed by atoms with Gasteiger partial charge in [-0.2, -0.15) is 0 Å². The number of carbonyl (C=O) groups excluding carboxylic acids is 1. The SMILES string of the molecule is CC(C)(C)c1nc2cc(C(=O)NCC3CC3)ccn2c1CC1CCOCC1. The molecule has 1 aliphatic carbocycles. The van der Waals surface area contributed by atoms with E-state index in [1.807, 2.05) is 18.3 Å². The summed E-state index contributed by atoms with van der Waals surface area (Å²) in [5.74, 6) is 1.33. The largest absolute Gasteiger partial charge is 0.381 e. The van der Waals surface area contributed by atoms with Gasteiger partial charge in [0.05, 0.1) is 5.69 Å². The van der Waals surface area contributed by atoms with Crippen molar-refractivity contribution < 1.29 is 9.53 Å². The minimum Gasteiger partial charge on any atom is -0.381 e. The second-order valence-electron chi connectivity index (χ2n) is 9.21. The summed E-state index contributed by atoms with van der Waals surface area (Å²) in [7, 11) is 0. The van der Waals surface area contributed by atoms with Gasteiger partial charge in [0.2, 0.25) is 0 Å². The van der Waals surface area contributed by atoms with Crippen LogP contribution in [-0.2, 0) is 16.6 Å². The highest BCUT2D eigenvalue weighted by atomic mass is 16.5. The smallest absolute Gasteiger partial charge is 0.251 e. The van der Waals surface area contributed by atoms with Crippen molar-refractivity contribution in [2.24, 2.45) is 11.8 Å². The third-order valence-corrected chi connectivity index (χ3v) is 5.77. The van der Waals surface area contributed by atoms with E-state index in [-0.39, 0.29) is 11.3 Å². The van der Waals surface area contributed by atoms with Crippen LogP contribution in [0, 0.1) is 11.8 Å². The monoisotopic (exact) mass is 369 g/mol. The predicted molar refractivity (Wildman–Crippen MR) is 106 cm³/mol. The average Bonchev–Trinajstić information content (AvgIpc) is 3.40. The molecule has 0 spiro atoms. The molecule has 2 aromatic rings. The molecule has 1 N–H and O–H groups in total. The standard InChI is InChI=1S/C22H31N3O2/c1-22(2,3)20-18(12-15-7-10-27-11-8-15)25-9-6-17(13-19(25)24-20)21(26)23-14-16-4-5-16/h6,9,13,15-16H,4-5,7-8,10-12,14H2,1-3H3,(H,23,26). The van der Waals surface area contributed by atoms with E-state index in [2.05, 4.69) is 30.5 Å². The Bertz CT molecular complexity index is 824. The van der Waals surface area contributed by atoms with Crippen LogP contribution in [0.25, 0.3) is 5.65 Å². The molecule has 2 fully saturated rings. The Hall–Kier alpha value is -1.88. The Labute approximate surface area is 161 Å². The number of nitrogens with zero attached hydrogens (tertiary/aromatic N) is 2. The molecule has 0 aromatic carbocycles. The molecule has 0 atom stereocenters. The minimum atomic E-state index is -0.0269. The molecule has 2 aliphatic rings. The van der Waals surface area contributed by atoms with Crippen molar-refractivity contribution in [2.75, 3.05) is 19.8 Å². The van der Waals surface area contributed by atoms with E-state index < -0.39 is 0 Å². The molecule has 1 saturated heterocycles. The lowest BCUT2D eigenvalue weighted by molar-refractivity contribution is 0.0661. The van der Waals surface area contributed by atoms with Crippen LogP contribution < -0.4 is 5.32 Å². The number of aromatic nitrogens is 2. The van der Waals surface area contributed by atoms with Crippen molar-refractivity contribution in [1.29, 1.82) is 0 Å². The second-order valence-corrected chi connectivity index (χ2v) is 9.21. The topological polar surface area (TPSA) is 55.6 Å². The van der Waals surface area contributed by atoms with Gasteiger partial charge in [0, 0.05) is 42.6 Å². The Balaban J connectivity index is 1.63. The lowest BCUT2D eigenvalue weighted by Gasteiger charge is -2.24. The summed E-state index contributed by atoms with van der Waals surface area (Å²) in [6.07, 6.45) is 7.74. The fourth-order valence-electron chi connectivity index (χ4n) is 3.92. The van der Waals surface area contributed by atoms with Gasteiger partial charge in [-0.15, -0.1) is 0 Å². The van der Waals surface area contributed by atoms with Gasteiger partial charge in [0.25, 0.3) is 5.91 Å². The maximum atomic E-state index is 12.5. The van der Waals surface area contributed by atoms with E-state index in [0.29, 0.717) is 17.4 Å². The summed E-state index contributed by atoms with van der Waals surface area (Å²) in [4.78, 5) is 17.4. The van der Waals surface area contributed by atoms with Crippen LogP contribution in [0.2, 0.25) is 0 Å². The van der Waals surface area contributed by atoms with Crippen molar-refractivity contribution in [3.05, 3.63) is 35.3 Å². The molecular formula is C22H31N3O2. The Morgan fingerprint density at radius 3 is 2.63 bits per heavy atom. The molecule has 1 amide bonds. The number of hydrogen-bond donors (Lipinski definition) is 1. The molecular weight excluding hydrogens is 338 g/mol. The van der Waals surface area contributed by atoms with E-state index in [9.17, 15) is 4.79 Å². The summed E-state index contributed by atoms with van der Waals surface area (Å²) >= 11 is 0. The van der Waals surface area contributed by atoms with Crippen molar-refractivity contribution in [2.45, 2.75) is 58.3 Å². The van der Waals surface area contributed by atoms with E-state index in [1.165, 1.54) is 18.5 Å². The molecule has 0 unspecified atom stereocenters. The highest BCUT2D eigenvalue weighted by molar-refractivity contribution is 5.95. The van der Waals surface area contributed by atoms with Crippen molar-refractivity contribution in [3.63, 3.8) is 0 Å². The van der Waals surface area contributed by atoms with Crippen LogP contribution in [0.15, 0.2) is 18.3 Å². The molecule has 27 heavy (non-hydrogen) atoms. The zero-order valence-electron chi connectivity index (χ0n) is 16.8. The number of imidazole rings is 1. The molecule has 0 radical (unpaired) electrons. The zero-order valence-corrected chi connectivity index (χ0v) is 16.8. The Morgan fingerprint density at radius 2 is 1.96 bits per heavy atom. The fourth-order valence-corrected chi connectivity index (χ4v) is 3.92. The second kappa shape index (κ2) is 7.27. The van der Waals surface area contributed by atoms with Crippen LogP contribution >= 0.6 is 0 Å². The first-order valence-electron chi connectivity index (χ1n) is 10.3. The number of pyridine rings is 1. The minimum absolute atomic E-state index is 0.00990. The molecule has 146 valence electrons. The molecule has 1 saturated carbocycles. The first-order chi connectivity index (χ1) is 12.9. The van der Waals surface area contributed by atoms with Gasteiger partial charge >= 0.3 is 0 Å². The normalized spacial score (nSPS) is 18.8. The number of amides is 1. The summed E-state index contributed by atoms with van der Waals surface area (Å²) in [5, 5.41) is 3.05. The van der Waals surface area contributed by atoms with E-state index >= 15 is 0 Å². The van der Waals surface area contributed by atoms with E-state index in [1.54, 1.807) is 0 Å². The lowest BCUT2D eigenvalue weighted by Crippen LogP contribution is -2.25. The number of fused-ring (bicyclic) bond motifs is 1. The highest BCUT2D eigenvalue weighted by Gasteiger charge is 2.27. The lowest BCUT2D eigenvalue weighted by atomic mass is 9.86. The molecule has 4 rings (SSSR count). The first kappa shape index (κ1) is 18.5. The molecule has 3 heterocycles. The maximum Gasteiger partial charge on any atom is 0.251 e. The number of ether oxygens (including phenoxy) is 1. The Morgan fingerprint density at radius 1 is 1.22 bits per heavy atom. The van der Waals surface area contributed by atoms with Gasteiger partial charge < -0.3 is 14.5 Å². The van der Waals surface area contributed by atoms with Gasteiger partial charge in [-0.3, -0.25) is 4.79 Å². The molecule has 0 bridgehead atoms. The van der Waals surface area contributed by atoms with Crippen LogP contribution in [0.3, 0.4) is 0 Å². The maximum absolute atomic E-state index is 12.5. The van der Waals surface area contributed by atoms with Gasteiger partial charge in [-0.1, -0.05) is 20.8 Å². The first-order valence-corrected chi connectivity index (χ1v) is 10.3. The highest BCUT2D eigenvalue weighted by Crippen LogP contribution is 2.31. The van der Waals surface area contributed by atoms with Crippen LogP contribution in [0.5, 0.6) is 0 Å². The van der Waals surface area contributed by atoms with Crippen LogP contribution in [-0.4, -0.2) is 35.1 Å². The van der Waals surface area contributed by atoms with E-state index in [0.717, 1.165) is 50.4 Å². The fraction of sp³-hybridized carbons (Fsp3) is 0.636. The van der Waals surface area contributed by atoms with Gasteiger partial charge in [0.1, 0.15) is 5.65 Å². The van der Waals surface area contributed by atoms with Gasteiger partial charge in [0.15, 0.2) is 0 Å². The van der Waals surface area contributed by atoms with Gasteiger partial charge in [-0.05, 0) is 56.1 Å².